The third-order valence-electron chi connectivity index (χ3n) is 3.12. The molecule has 1 rings (SSSR count). The Kier molecular flexibility index (Phi) is 6.25. The van der Waals surface area contributed by atoms with Crippen LogP contribution in [0.3, 0.4) is 0 Å². The van der Waals surface area contributed by atoms with E-state index in [-0.39, 0.29) is 16.7 Å². The van der Waals surface area contributed by atoms with Gasteiger partial charge in [-0.25, -0.2) is 8.42 Å². The first-order chi connectivity index (χ1) is 9.55. The topological polar surface area (TPSA) is 63.4 Å². The van der Waals surface area contributed by atoms with Crippen LogP contribution < -0.4 is 5.73 Å². The van der Waals surface area contributed by atoms with Crippen LogP contribution >= 0.6 is 15.9 Å². The van der Waals surface area contributed by atoms with Crippen LogP contribution in [0.1, 0.15) is 33.3 Å². The first kappa shape index (κ1) is 18.5. The predicted molar refractivity (Wildman–Crippen MR) is 91.7 cm³/mol. The molecule has 0 bridgehead atoms. The number of nitrogen functional groups attached to an aromatic ring is 1. The molecule has 0 spiro atoms. The van der Waals surface area contributed by atoms with Gasteiger partial charge in [-0.2, -0.15) is 4.31 Å². The van der Waals surface area contributed by atoms with Crippen molar-refractivity contribution in [3.8, 4) is 0 Å². The highest BCUT2D eigenvalue weighted by molar-refractivity contribution is 9.10. The Morgan fingerprint density at radius 3 is 2.05 bits per heavy atom. The first-order valence-electron chi connectivity index (χ1n) is 7.11. The van der Waals surface area contributed by atoms with Crippen LogP contribution in [-0.2, 0) is 10.0 Å². The molecule has 0 radical (unpaired) electrons. The van der Waals surface area contributed by atoms with Gasteiger partial charge in [-0.15, -0.1) is 0 Å². The lowest BCUT2D eigenvalue weighted by atomic mass is 10.2. The van der Waals surface area contributed by atoms with E-state index in [2.05, 4.69) is 15.9 Å². The van der Waals surface area contributed by atoms with Gasteiger partial charge in [-0.3, -0.25) is 0 Å². The summed E-state index contributed by atoms with van der Waals surface area (Å²) in [4.78, 5) is 0.288. The Hall–Kier alpha value is -0.590. The van der Waals surface area contributed by atoms with Crippen molar-refractivity contribution in [2.75, 3.05) is 18.8 Å². The van der Waals surface area contributed by atoms with Gasteiger partial charge < -0.3 is 5.73 Å². The monoisotopic (exact) mass is 376 g/mol. The molecule has 4 nitrogen and oxygen atoms in total. The van der Waals surface area contributed by atoms with E-state index in [4.69, 9.17) is 5.73 Å². The molecule has 0 fully saturated rings. The maximum atomic E-state index is 13.0. The van der Waals surface area contributed by atoms with Crippen LogP contribution in [0.15, 0.2) is 21.5 Å². The smallest absolute Gasteiger partial charge is 0.243 e. The molecule has 6 heteroatoms. The quantitative estimate of drug-likeness (QED) is 0.770. The zero-order chi connectivity index (χ0) is 16.4. The summed E-state index contributed by atoms with van der Waals surface area (Å²) >= 11 is 3.33. The molecule has 0 atom stereocenters. The van der Waals surface area contributed by atoms with Crippen molar-refractivity contribution in [1.82, 2.24) is 4.31 Å². The van der Waals surface area contributed by atoms with Gasteiger partial charge in [0.25, 0.3) is 0 Å². The van der Waals surface area contributed by atoms with Crippen molar-refractivity contribution in [3.63, 3.8) is 0 Å². The molecule has 1 aromatic rings. The van der Waals surface area contributed by atoms with Crippen molar-refractivity contribution in [2.24, 2.45) is 11.8 Å². The Balaban J connectivity index is 3.35. The predicted octanol–water partition coefficient (Wildman–Crippen LogP) is 3.64. The van der Waals surface area contributed by atoms with Crippen LogP contribution in [0.5, 0.6) is 0 Å². The van der Waals surface area contributed by atoms with Gasteiger partial charge in [0, 0.05) is 23.2 Å². The normalized spacial score (nSPS) is 12.6. The maximum absolute atomic E-state index is 13.0. The molecular formula is C15H25BrN2O2S. The van der Waals surface area contributed by atoms with Crippen LogP contribution in [0.4, 0.5) is 5.69 Å². The zero-order valence-electron chi connectivity index (χ0n) is 13.4. The van der Waals surface area contributed by atoms with Crippen LogP contribution in [0, 0.1) is 18.8 Å². The summed E-state index contributed by atoms with van der Waals surface area (Å²) in [5.74, 6) is 0.534. The summed E-state index contributed by atoms with van der Waals surface area (Å²) < 4.78 is 28.2. The number of benzene rings is 1. The van der Waals surface area contributed by atoms with Crippen molar-refractivity contribution >= 4 is 31.6 Å². The number of halogens is 1. The molecule has 0 aliphatic heterocycles. The average molecular weight is 377 g/mol. The minimum Gasteiger partial charge on any atom is -0.398 e. The van der Waals surface area contributed by atoms with E-state index in [9.17, 15) is 8.42 Å². The van der Waals surface area contributed by atoms with Gasteiger partial charge in [0.2, 0.25) is 10.0 Å². The van der Waals surface area contributed by atoms with Gasteiger partial charge in [0.1, 0.15) is 0 Å². The molecule has 120 valence electrons. The highest BCUT2D eigenvalue weighted by Gasteiger charge is 2.28. The number of hydrogen-bond donors (Lipinski definition) is 1. The average Bonchev–Trinajstić information content (AvgIpc) is 2.31. The molecular weight excluding hydrogens is 352 g/mol. The molecule has 0 saturated carbocycles. The molecule has 0 amide bonds. The van der Waals surface area contributed by atoms with E-state index in [0.717, 1.165) is 0 Å². The van der Waals surface area contributed by atoms with Gasteiger partial charge in [0.15, 0.2) is 0 Å². The fourth-order valence-electron chi connectivity index (χ4n) is 2.17. The SMILES string of the molecule is Cc1c(N)cc(Br)cc1S(=O)(=O)N(CC(C)C)CC(C)C. The van der Waals surface area contributed by atoms with Crippen LogP contribution in [0.2, 0.25) is 0 Å². The molecule has 0 heterocycles. The molecule has 1 aromatic carbocycles. The second-order valence-corrected chi connectivity index (χ2v) is 9.05. The van der Waals surface area contributed by atoms with Crippen molar-refractivity contribution in [2.45, 2.75) is 39.5 Å². The molecule has 0 aromatic heterocycles. The van der Waals surface area contributed by atoms with Gasteiger partial charge in [-0.05, 0) is 36.5 Å². The second-order valence-electron chi connectivity index (χ2n) is 6.23. The van der Waals surface area contributed by atoms with E-state index in [1.807, 2.05) is 27.7 Å². The second kappa shape index (κ2) is 7.11. The van der Waals surface area contributed by atoms with Crippen molar-refractivity contribution in [3.05, 3.63) is 22.2 Å². The standard InChI is InChI=1S/C15H25BrN2O2S/c1-10(2)8-18(9-11(3)4)21(19,20)15-7-13(16)6-14(17)12(15)5/h6-7,10-11H,8-9,17H2,1-5H3. The maximum Gasteiger partial charge on any atom is 0.243 e. The number of sulfonamides is 1. The molecule has 0 saturated heterocycles. The molecule has 0 aliphatic carbocycles. The summed E-state index contributed by atoms with van der Waals surface area (Å²) in [5.41, 5.74) is 7.00. The summed E-state index contributed by atoms with van der Waals surface area (Å²) in [5, 5.41) is 0. The highest BCUT2D eigenvalue weighted by atomic mass is 79.9. The summed E-state index contributed by atoms with van der Waals surface area (Å²) in [6, 6.07) is 3.36. The Morgan fingerprint density at radius 2 is 1.62 bits per heavy atom. The van der Waals surface area contributed by atoms with Gasteiger partial charge >= 0.3 is 0 Å². The number of anilines is 1. The van der Waals surface area contributed by atoms with Gasteiger partial charge in [0.05, 0.1) is 4.90 Å². The third-order valence-corrected chi connectivity index (χ3v) is 5.54. The summed E-state index contributed by atoms with van der Waals surface area (Å²) in [6.45, 7) is 10.8. The minimum atomic E-state index is -3.54. The largest absolute Gasteiger partial charge is 0.398 e. The van der Waals surface area contributed by atoms with E-state index >= 15 is 0 Å². The molecule has 21 heavy (non-hydrogen) atoms. The van der Waals surface area contributed by atoms with Crippen LogP contribution in [-0.4, -0.2) is 25.8 Å². The molecule has 0 unspecified atom stereocenters. The number of hydrogen-bond acceptors (Lipinski definition) is 3. The highest BCUT2D eigenvalue weighted by Crippen LogP contribution is 2.29. The van der Waals surface area contributed by atoms with E-state index < -0.39 is 10.0 Å². The Morgan fingerprint density at radius 1 is 1.14 bits per heavy atom. The van der Waals surface area contributed by atoms with Crippen molar-refractivity contribution < 1.29 is 8.42 Å². The fraction of sp³-hybridized carbons (Fsp3) is 0.600. The zero-order valence-corrected chi connectivity index (χ0v) is 15.8. The number of rotatable bonds is 6. The lowest BCUT2D eigenvalue weighted by molar-refractivity contribution is 0.333. The lowest BCUT2D eigenvalue weighted by Crippen LogP contribution is -2.37. The number of nitrogens with two attached hydrogens (primary N) is 1. The number of nitrogens with zero attached hydrogens (tertiary/aromatic N) is 1. The lowest BCUT2D eigenvalue weighted by Gasteiger charge is -2.26. The third kappa shape index (κ3) is 4.69. The minimum absolute atomic E-state index is 0.267. The van der Waals surface area contributed by atoms with E-state index in [1.165, 1.54) is 0 Å². The fourth-order valence-corrected chi connectivity index (χ4v) is 4.84. The molecule has 2 N–H and O–H groups in total. The Bertz CT molecular complexity index is 588. The summed E-state index contributed by atoms with van der Waals surface area (Å²) in [7, 11) is -3.54. The van der Waals surface area contributed by atoms with E-state index in [1.54, 1.807) is 23.4 Å². The first-order valence-corrected chi connectivity index (χ1v) is 9.34. The summed E-state index contributed by atoms with van der Waals surface area (Å²) in [6.07, 6.45) is 0. The van der Waals surface area contributed by atoms with Crippen LogP contribution in [0.25, 0.3) is 0 Å². The Labute approximate surface area is 136 Å². The van der Waals surface area contributed by atoms with Crippen molar-refractivity contribution in [1.29, 1.82) is 0 Å². The molecule has 0 aliphatic rings. The van der Waals surface area contributed by atoms with Gasteiger partial charge in [-0.1, -0.05) is 43.6 Å². The van der Waals surface area contributed by atoms with E-state index in [0.29, 0.717) is 28.8 Å².